The Morgan fingerprint density at radius 1 is 1.13 bits per heavy atom. The van der Waals surface area contributed by atoms with Crippen molar-refractivity contribution in [2.75, 3.05) is 38.2 Å². The van der Waals surface area contributed by atoms with Crippen molar-refractivity contribution in [3.63, 3.8) is 0 Å². The number of ether oxygens (including phenoxy) is 3. The molecule has 1 heterocycles. The minimum absolute atomic E-state index is 0.0150. The Kier molecular flexibility index (Phi) is 6.62. The zero-order valence-corrected chi connectivity index (χ0v) is 17.3. The van der Waals surface area contributed by atoms with Crippen LogP contribution in [-0.2, 0) is 4.79 Å². The molecule has 0 unspecified atom stereocenters. The van der Waals surface area contributed by atoms with Gasteiger partial charge < -0.3 is 25.4 Å². The summed E-state index contributed by atoms with van der Waals surface area (Å²) in [7, 11) is 4.52. The van der Waals surface area contributed by atoms with Crippen LogP contribution in [0.15, 0.2) is 41.6 Å². The zero-order chi connectivity index (χ0) is 21.7. The van der Waals surface area contributed by atoms with Crippen LogP contribution in [0.5, 0.6) is 17.2 Å². The number of methoxy groups -OCH3 is 3. The van der Waals surface area contributed by atoms with E-state index in [9.17, 15) is 9.18 Å². The molecule has 158 valence electrons. The molecule has 0 bridgehead atoms. The number of nitrogens with one attached hydrogen (secondary N) is 1. The molecule has 1 aromatic heterocycles. The van der Waals surface area contributed by atoms with Crippen LogP contribution in [0.3, 0.4) is 0 Å². The first-order valence-corrected chi connectivity index (χ1v) is 9.64. The molecule has 2 aromatic carbocycles. The number of thioether (sulfide) groups is 1. The van der Waals surface area contributed by atoms with Gasteiger partial charge >= 0.3 is 0 Å². The second-order valence-corrected chi connectivity index (χ2v) is 6.88. The zero-order valence-electron chi connectivity index (χ0n) is 16.5. The van der Waals surface area contributed by atoms with Crippen molar-refractivity contribution in [1.82, 2.24) is 14.9 Å². The van der Waals surface area contributed by atoms with Crippen molar-refractivity contribution in [2.24, 2.45) is 0 Å². The molecule has 0 saturated carbocycles. The molecule has 9 nitrogen and oxygen atoms in total. The minimum Gasteiger partial charge on any atom is -0.493 e. The van der Waals surface area contributed by atoms with E-state index in [2.05, 4.69) is 15.5 Å². The van der Waals surface area contributed by atoms with E-state index >= 15 is 0 Å². The molecule has 0 atom stereocenters. The van der Waals surface area contributed by atoms with Gasteiger partial charge in [-0.15, -0.1) is 10.2 Å². The third kappa shape index (κ3) is 4.57. The van der Waals surface area contributed by atoms with Gasteiger partial charge in [0.2, 0.25) is 16.8 Å². The van der Waals surface area contributed by atoms with E-state index < -0.39 is 5.82 Å². The minimum atomic E-state index is -0.433. The molecule has 0 saturated heterocycles. The molecule has 3 aromatic rings. The molecule has 3 rings (SSSR count). The third-order valence-electron chi connectivity index (χ3n) is 4.03. The van der Waals surface area contributed by atoms with Crippen molar-refractivity contribution in [3.8, 4) is 28.6 Å². The van der Waals surface area contributed by atoms with E-state index in [0.717, 1.165) is 11.8 Å². The van der Waals surface area contributed by atoms with Crippen molar-refractivity contribution >= 4 is 23.4 Å². The predicted octanol–water partition coefficient (Wildman–Crippen LogP) is 2.55. The number of hydrogen-bond acceptors (Lipinski definition) is 8. The van der Waals surface area contributed by atoms with Crippen LogP contribution >= 0.6 is 11.8 Å². The van der Waals surface area contributed by atoms with Crippen LogP contribution in [0, 0.1) is 5.82 Å². The molecule has 0 aliphatic rings. The first-order chi connectivity index (χ1) is 14.5. The highest BCUT2D eigenvalue weighted by Gasteiger charge is 2.19. The number of carbonyl (C=O) groups is 1. The Morgan fingerprint density at radius 2 is 1.83 bits per heavy atom. The number of rotatable bonds is 8. The lowest BCUT2D eigenvalue weighted by atomic mass is 10.1. The fourth-order valence-electron chi connectivity index (χ4n) is 2.68. The van der Waals surface area contributed by atoms with E-state index in [1.54, 1.807) is 18.2 Å². The lowest BCUT2D eigenvalue weighted by Gasteiger charge is -2.13. The fraction of sp³-hybridized carbons (Fsp3) is 0.211. The number of benzene rings is 2. The monoisotopic (exact) mass is 433 g/mol. The van der Waals surface area contributed by atoms with Gasteiger partial charge in [-0.05, 0) is 30.3 Å². The van der Waals surface area contributed by atoms with Crippen molar-refractivity contribution in [3.05, 3.63) is 42.2 Å². The standard InChI is InChI=1S/C19H20FN5O4S/c1-27-14-7-11(8-15(28-2)17(14)29-3)18-23-24-19(25(18)21)30-10-16(26)22-13-6-4-5-12(20)9-13/h4-9H,10,21H2,1-3H3,(H,22,26). The van der Waals surface area contributed by atoms with Gasteiger partial charge in [-0.3, -0.25) is 4.79 Å². The van der Waals surface area contributed by atoms with Gasteiger partial charge in [0.1, 0.15) is 5.82 Å². The first-order valence-electron chi connectivity index (χ1n) is 8.66. The largest absolute Gasteiger partial charge is 0.493 e. The molecular formula is C19H20FN5O4S. The number of carbonyl (C=O) groups excluding carboxylic acids is 1. The molecule has 0 radical (unpaired) electrons. The van der Waals surface area contributed by atoms with E-state index in [1.165, 1.54) is 44.2 Å². The summed E-state index contributed by atoms with van der Waals surface area (Å²) in [4.78, 5) is 12.1. The van der Waals surface area contributed by atoms with Crippen molar-refractivity contribution in [1.29, 1.82) is 0 Å². The SMILES string of the molecule is COc1cc(-c2nnc(SCC(=O)Nc3cccc(F)c3)n2N)cc(OC)c1OC. The maximum atomic E-state index is 13.2. The molecule has 0 aliphatic heterocycles. The Morgan fingerprint density at radius 3 is 2.43 bits per heavy atom. The van der Waals surface area contributed by atoms with E-state index in [-0.39, 0.29) is 11.7 Å². The van der Waals surface area contributed by atoms with Crippen molar-refractivity contribution in [2.45, 2.75) is 5.16 Å². The highest BCUT2D eigenvalue weighted by molar-refractivity contribution is 7.99. The van der Waals surface area contributed by atoms with Gasteiger partial charge in [-0.1, -0.05) is 17.8 Å². The number of nitrogens with zero attached hydrogens (tertiary/aromatic N) is 3. The average Bonchev–Trinajstić information content (AvgIpc) is 3.11. The van der Waals surface area contributed by atoms with E-state index in [1.807, 2.05) is 0 Å². The molecule has 11 heteroatoms. The molecule has 0 spiro atoms. The first kappa shape index (κ1) is 21.2. The predicted molar refractivity (Wildman–Crippen MR) is 111 cm³/mol. The van der Waals surface area contributed by atoms with Crippen LogP contribution < -0.4 is 25.4 Å². The number of nitrogen functional groups attached to an aromatic ring is 1. The smallest absolute Gasteiger partial charge is 0.234 e. The summed E-state index contributed by atoms with van der Waals surface area (Å²) in [6.07, 6.45) is 0. The summed E-state index contributed by atoms with van der Waals surface area (Å²) in [6, 6.07) is 9.03. The maximum Gasteiger partial charge on any atom is 0.234 e. The van der Waals surface area contributed by atoms with Crippen LogP contribution in [0.4, 0.5) is 10.1 Å². The number of amides is 1. The summed E-state index contributed by atoms with van der Waals surface area (Å²) < 4.78 is 30.5. The molecule has 3 N–H and O–H groups in total. The fourth-order valence-corrected chi connectivity index (χ4v) is 3.33. The average molecular weight is 433 g/mol. The summed E-state index contributed by atoms with van der Waals surface area (Å²) in [5.74, 6) is 7.05. The second kappa shape index (κ2) is 9.35. The van der Waals surface area contributed by atoms with Gasteiger partial charge in [0.15, 0.2) is 17.3 Å². The second-order valence-electron chi connectivity index (χ2n) is 5.94. The normalized spacial score (nSPS) is 10.5. The van der Waals surface area contributed by atoms with Crippen LogP contribution in [-0.4, -0.2) is 47.9 Å². The topological polar surface area (TPSA) is 114 Å². The Bertz CT molecular complexity index is 1030. The summed E-state index contributed by atoms with van der Waals surface area (Å²) in [6.45, 7) is 0. The Balaban J connectivity index is 1.75. The molecule has 1 amide bonds. The lowest BCUT2D eigenvalue weighted by Crippen LogP contribution is -2.16. The maximum absolute atomic E-state index is 13.2. The van der Waals surface area contributed by atoms with Gasteiger partial charge in [-0.2, -0.15) is 0 Å². The van der Waals surface area contributed by atoms with E-state index in [4.69, 9.17) is 20.1 Å². The van der Waals surface area contributed by atoms with Gasteiger partial charge in [0.25, 0.3) is 0 Å². The highest BCUT2D eigenvalue weighted by atomic mass is 32.2. The van der Waals surface area contributed by atoms with Gasteiger partial charge in [0.05, 0.1) is 27.1 Å². The van der Waals surface area contributed by atoms with Crippen LogP contribution in [0.1, 0.15) is 0 Å². The molecule has 0 fully saturated rings. The third-order valence-corrected chi connectivity index (χ3v) is 4.97. The number of anilines is 1. The van der Waals surface area contributed by atoms with Gasteiger partial charge in [0, 0.05) is 11.3 Å². The summed E-state index contributed by atoms with van der Waals surface area (Å²) >= 11 is 1.09. The van der Waals surface area contributed by atoms with Crippen molar-refractivity contribution < 1.29 is 23.4 Å². The number of nitrogens with two attached hydrogens (primary N) is 1. The van der Waals surface area contributed by atoms with E-state index in [0.29, 0.717) is 39.5 Å². The number of aromatic nitrogens is 3. The quantitative estimate of drug-likeness (QED) is 0.412. The Labute approximate surface area is 176 Å². The molecular weight excluding hydrogens is 413 g/mol. The number of hydrogen-bond donors (Lipinski definition) is 2. The van der Waals surface area contributed by atoms with Gasteiger partial charge in [-0.25, -0.2) is 9.07 Å². The lowest BCUT2D eigenvalue weighted by molar-refractivity contribution is -0.113. The highest BCUT2D eigenvalue weighted by Crippen LogP contribution is 2.40. The van der Waals surface area contributed by atoms with Crippen LogP contribution in [0.25, 0.3) is 11.4 Å². The Hall–Kier alpha value is -3.47. The molecule has 30 heavy (non-hydrogen) atoms. The summed E-state index contributed by atoms with van der Waals surface area (Å²) in [5.41, 5.74) is 0.962. The number of halogens is 1. The summed E-state index contributed by atoms with van der Waals surface area (Å²) in [5, 5.41) is 11.1. The molecule has 0 aliphatic carbocycles. The van der Waals surface area contributed by atoms with Crippen LogP contribution in [0.2, 0.25) is 0 Å².